The van der Waals surface area contributed by atoms with Gasteiger partial charge in [-0.25, -0.2) is 4.79 Å². The summed E-state index contributed by atoms with van der Waals surface area (Å²) in [5.41, 5.74) is 5.79. The number of aromatic nitrogens is 1. The Bertz CT molecular complexity index is 1320. The van der Waals surface area contributed by atoms with Crippen LogP contribution >= 0.6 is 0 Å². The Labute approximate surface area is 230 Å². The maximum atomic E-state index is 13.7. The standard InChI is InChI=1S/C29H34F3N3O5/c1-3-10-19-16-21-25(40-34-26(21)29(30,31)32)20(11-4-2)23(19)39-24(18-12-6-5-7-13-18)28(37)38-22(27(33)36)17-35-14-8-9-15-35/h5-7,12-13,16,22,24H,3-4,8-11,14-15,17H2,1-2H3,(H2,33,36)/t22-,24?/m1/s1. The van der Waals surface area contributed by atoms with E-state index in [4.69, 9.17) is 19.7 Å². The van der Waals surface area contributed by atoms with Crippen LogP contribution in [0.15, 0.2) is 40.9 Å². The van der Waals surface area contributed by atoms with Crippen molar-refractivity contribution in [1.82, 2.24) is 10.1 Å². The van der Waals surface area contributed by atoms with Gasteiger partial charge in [0.15, 0.2) is 17.4 Å². The number of rotatable bonds is 12. The number of primary amides is 1. The molecule has 1 aliphatic rings. The number of fused-ring (bicyclic) bond motifs is 1. The number of amides is 1. The first-order chi connectivity index (χ1) is 19.1. The van der Waals surface area contributed by atoms with Gasteiger partial charge in [0, 0.05) is 17.7 Å². The molecule has 2 aromatic carbocycles. The lowest BCUT2D eigenvalue weighted by molar-refractivity contribution is -0.163. The molecule has 0 bridgehead atoms. The first-order valence-corrected chi connectivity index (χ1v) is 13.6. The van der Waals surface area contributed by atoms with Crippen molar-refractivity contribution in [2.45, 2.75) is 70.8 Å². The van der Waals surface area contributed by atoms with Gasteiger partial charge in [0.05, 0.1) is 5.39 Å². The van der Waals surface area contributed by atoms with Crippen molar-refractivity contribution >= 4 is 22.8 Å². The lowest BCUT2D eigenvalue weighted by Crippen LogP contribution is -2.43. The van der Waals surface area contributed by atoms with Crippen molar-refractivity contribution < 1.29 is 36.8 Å². The number of hydrogen-bond donors (Lipinski definition) is 1. The van der Waals surface area contributed by atoms with E-state index in [2.05, 4.69) is 5.16 Å². The van der Waals surface area contributed by atoms with Crippen molar-refractivity contribution in [2.75, 3.05) is 19.6 Å². The molecule has 0 radical (unpaired) electrons. The number of esters is 1. The maximum absolute atomic E-state index is 13.7. The van der Waals surface area contributed by atoms with E-state index < -0.39 is 36.0 Å². The molecule has 4 rings (SSSR count). The molecule has 8 nitrogen and oxygen atoms in total. The summed E-state index contributed by atoms with van der Waals surface area (Å²) in [5.74, 6) is -1.34. The first-order valence-electron chi connectivity index (χ1n) is 13.6. The van der Waals surface area contributed by atoms with Crippen molar-refractivity contribution in [3.63, 3.8) is 0 Å². The fraction of sp³-hybridized carbons (Fsp3) is 0.483. The van der Waals surface area contributed by atoms with Gasteiger partial charge in [-0.15, -0.1) is 0 Å². The van der Waals surface area contributed by atoms with E-state index in [1.807, 2.05) is 18.7 Å². The zero-order valence-electron chi connectivity index (χ0n) is 22.6. The maximum Gasteiger partial charge on any atom is 0.437 e. The lowest BCUT2D eigenvalue weighted by Gasteiger charge is -2.26. The molecule has 11 heteroatoms. The summed E-state index contributed by atoms with van der Waals surface area (Å²) in [7, 11) is 0. The number of carbonyl (C=O) groups is 2. The van der Waals surface area contributed by atoms with Crippen LogP contribution in [0.5, 0.6) is 5.75 Å². The van der Waals surface area contributed by atoms with Gasteiger partial charge in [-0.05, 0) is 50.4 Å². The van der Waals surface area contributed by atoms with Crippen LogP contribution in [0.1, 0.15) is 68.0 Å². The topological polar surface area (TPSA) is 108 Å². The quantitative estimate of drug-likeness (QED) is 0.297. The molecule has 0 saturated carbocycles. The van der Waals surface area contributed by atoms with Gasteiger partial charge in [0.2, 0.25) is 6.10 Å². The second-order valence-electron chi connectivity index (χ2n) is 9.99. The summed E-state index contributed by atoms with van der Waals surface area (Å²) in [4.78, 5) is 27.8. The SMILES string of the molecule is CCCc1cc2c(C(F)(F)F)noc2c(CCC)c1OC(C(=O)O[C@H](CN1CCCC1)C(N)=O)c1ccccc1. The number of nitrogens with two attached hydrogens (primary N) is 1. The van der Waals surface area contributed by atoms with E-state index in [0.717, 1.165) is 25.9 Å². The van der Waals surface area contributed by atoms with Crippen LogP contribution in [0, 0.1) is 0 Å². The Hall–Kier alpha value is -3.60. The lowest BCUT2D eigenvalue weighted by atomic mass is 9.97. The van der Waals surface area contributed by atoms with Gasteiger partial charge in [-0.2, -0.15) is 13.2 Å². The van der Waals surface area contributed by atoms with Crippen molar-refractivity contribution in [2.24, 2.45) is 5.73 Å². The summed E-state index contributed by atoms with van der Waals surface area (Å²) < 4.78 is 58.3. The number of hydrogen-bond acceptors (Lipinski definition) is 7. The Morgan fingerprint density at radius 2 is 1.77 bits per heavy atom. The van der Waals surface area contributed by atoms with Crippen LogP contribution in [0.25, 0.3) is 11.0 Å². The Balaban J connectivity index is 1.77. The minimum atomic E-state index is -4.70. The number of benzene rings is 2. The highest BCUT2D eigenvalue weighted by Crippen LogP contribution is 2.42. The average molecular weight is 562 g/mol. The molecule has 2 heterocycles. The van der Waals surface area contributed by atoms with Crippen molar-refractivity contribution in [1.29, 1.82) is 0 Å². The average Bonchev–Trinajstić information content (AvgIpc) is 3.58. The molecule has 2 N–H and O–H groups in total. The van der Waals surface area contributed by atoms with E-state index in [0.29, 0.717) is 42.4 Å². The molecule has 1 amide bonds. The number of ether oxygens (including phenoxy) is 2. The van der Waals surface area contributed by atoms with Gasteiger partial charge in [0.1, 0.15) is 5.75 Å². The molecule has 1 unspecified atom stereocenters. The summed E-state index contributed by atoms with van der Waals surface area (Å²) in [6.45, 7) is 5.50. The Morgan fingerprint density at radius 3 is 2.38 bits per heavy atom. The highest BCUT2D eigenvalue weighted by atomic mass is 19.4. The van der Waals surface area contributed by atoms with Gasteiger partial charge in [-0.1, -0.05) is 62.2 Å². The highest BCUT2D eigenvalue weighted by Gasteiger charge is 2.39. The Morgan fingerprint density at radius 1 is 1.10 bits per heavy atom. The molecule has 0 aliphatic carbocycles. The minimum absolute atomic E-state index is 0.0340. The zero-order valence-corrected chi connectivity index (χ0v) is 22.6. The van der Waals surface area contributed by atoms with Gasteiger partial charge >= 0.3 is 12.1 Å². The molecular weight excluding hydrogens is 527 g/mol. The molecule has 0 spiro atoms. The predicted octanol–water partition coefficient (Wildman–Crippen LogP) is 5.36. The third kappa shape index (κ3) is 6.57. The second kappa shape index (κ2) is 12.7. The monoisotopic (exact) mass is 561 g/mol. The van der Waals surface area contributed by atoms with E-state index in [9.17, 15) is 22.8 Å². The molecule has 1 fully saturated rings. The van der Waals surface area contributed by atoms with E-state index in [1.54, 1.807) is 30.3 Å². The third-order valence-electron chi connectivity index (χ3n) is 6.92. The van der Waals surface area contributed by atoms with Crippen LogP contribution in [0.3, 0.4) is 0 Å². The summed E-state index contributed by atoms with van der Waals surface area (Å²) in [6.07, 6.45) is -3.33. The van der Waals surface area contributed by atoms with Crippen LogP contribution in [-0.4, -0.2) is 47.7 Å². The molecule has 1 aliphatic heterocycles. The van der Waals surface area contributed by atoms with E-state index in [-0.39, 0.29) is 23.3 Å². The Kier molecular flexibility index (Phi) is 9.34. The molecule has 216 valence electrons. The van der Waals surface area contributed by atoms with Crippen LogP contribution in [0.4, 0.5) is 13.2 Å². The second-order valence-corrected chi connectivity index (χ2v) is 9.99. The summed E-state index contributed by atoms with van der Waals surface area (Å²) in [6, 6.07) is 9.96. The van der Waals surface area contributed by atoms with Gasteiger partial charge < -0.3 is 19.7 Å². The fourth-order valence-electron chi connectivity index (χ4n) is 5.05. The normalized spacial score (nSPS) is 15.7. The predicted molar refractivity (Wildman–Crippen MR) is 142 cm³/mol. The number of alkyl halides is 3. The number of nitrogens with zero attached hydrogens (tertiary/aromatic N) is 2. The van der Waals surface area contributed by atoms with Gasteiger partial charge in [0.25, 0.3) is 5.91 Å². The molecule has 40 heavy (non-hydrogen) atoms. The zero-order chi connectivity index (χ0) is 28.9. The number of carbonyl (C=O) groups excluding carboxylic acids is 2. The molecule has 2 atom stereocenters. The first kappa shape index (κ1) is 29.4. The van der Waals surface area contributed by atoms with Crippen LogP contribution < -0.4 is 10.5 Å². The smallest absolute Gasteiger partial charge is 0.437 e. The number of halogens is 3. The number of aryl methyl sites for hydroxylation is 2. The molecular formula is C29H34F3N3O5. The van der Waals surface area contributed by atoms with Crippen molar-refractivity contribution in [3.8, 4) is 5.75 Å². The minimum Gasteiger partial charge on any atom is -0.473 e. The largest absolute Gasteiger partial charge is 0.473 e. The van der Waals surface area contributed by atoms with Crippen molar-refractivity contribution in [3.05, 3.63) is 58.8 Å². The number of likely N-dealkylation sites (tertiary alicyclic amines) is 1. The molecule has 1 aromatic heterocycles. The van der Waals surface area contributed by atoms with Crippen LogP contribution in [0.2, 0.25) is 0 Å². The third-order valence-corrected chi connectivity index (χ3v) is 6.92. The summed E-state index contributed by atoms with van der Waals surface area (Å²) >= 11 is 0. The van der Waals surface area contributed by atoms with Crippen LogP contribution in [-0.2, 0) is 33.3 Å². The summed E-state index contributed by atoms with van der Waals surface area (Å²) in [5, 5.41) is 3.18. The molecule has 3 aromatic rings. The fourth-order valence-corrected chi connectivity index (χ4v) is 5.05. The van der Waals surface area contributed by atoms with E-state index >= 15 is 0 Å². The van der Waals surface area contributed by atoms with Gasteiger partial charge in [-0.3, -0.25) is 9.69 Å². The molecule has 1 saturated heterocycles. The van der Waals surface area contributed by atoms with E-state index in [1.165, 1.54) is 6.07 Å². The highest BCUT2D eigenvalue weighted by molar-refractivity contribution is 5.87.